The first-order valence-corrected chi connectivity index (χ1v) is 8.79. The molecular weight excluding hydrogens is 340 g/mol. The molecule has 2 heterocycles. The Balaban J connectivity index is 1.45. The normalized spacial score (nSPS) is 17.7. The predicted octanol–water partition coefficient (Wildman–Crippen LogP) is 0.162. The van der Waals surface area contributed by atoms with Crippen LogP contribution in [0, 0.1) is 0 Å². The van der Waals surface area contributed by atoms with Crippen molar-refractivity contribution in [1.82, 2.24) is 9.80 Å². The monoisotopic (exact) mass is 364 g/mol. The van der Waals surface area contributed by atoms with Gasteiger partial charge >= 0.3 is 0 Å². The highest BCUT2D eigenvalue weighted by molar-refractivity contribution is 5.78. The summed E-state index contributed by atoms with van der Waals surface area (Å²) in [6.07, 6.45) is 0. The molecule has 26 heavy (non-hydrogen) atoms. The van der Waals surface area contributed by atoms with E-state index in [0.29, 0.717) is 64.1 Å². The second-order valence-electron chi connectivity index (χ2n) is 6.04. The van der Waals surface area contributed by atoms with Crippen LogP contribution in [0.3, 0.4) is 0 Å². The number of carbonyl (C=O) groups is 2. The van der Waals surface area contributed by atoms with E-state index in [1.807, 2.05) is 0 Å². The molecule has 0 bridgehead atoms. The molecule has 2 aliphatic rings. The van der Waals surface area contributed by atoms with Crippen LogP contribution in [0.2, 0.25) is 0 Å². The lowest BCUT2D eigenvalue weighted by Crippen LogP contribution is -2.43. The maximum absolute atomic E-state index is 12.1. The number of rotatable bonds is 6. The lowest BCUT2D eigenvalue weighted by atomic mass is 10.3. The topological polar surface area (TPSA) is 77.5 Å². The van der Waals surface area contributed by atoms with Gasteiger partial charge in [0.1, 0.15) is 11.5 Å². The lowest BCUT2D eigenvalue weighted by molar-refractivity contribution is -0.137. The highest BCUT2D eigenvalue weighted by Crippen LogP contribution is 2.19. The number of ether oxygens (including phenoxy) is 4. The van der Waals surface area contributed by atoms with Crippen molar-refractivity contribution >= 4 is 11.8 Å². The van der Waals surface area contributed by atoms with E-state index in [0.717, 1.165) is 0 Å². The zero-order valence-corrected chi connectivity index (χ0v) is 14.7. The molecule has 1 aromatic carbocycles. The fourth-order valence-corrected chi connectivity index (χ4v) is 2.75. The minimum absolute atomic E-state index is 0.0316. The number of benzene rings is 1. The van der Waals surface area contributed by atoms with Crippen LogP contribution in [0.15, 0.2) is 24.3 Å². The van der Waals surface area contributed by atoms with Crippen LogP contribution in [0.1, 0.15) is 0 Å². The molecule has 1 aromatic rings. The van der Waals surface area contributed by atoms with Crippen LogP contribution in [0.5, 0.6) is 11.5 Å². The third-order valence-electron chi connectivity index (χ3n) is 4.26. The van der Waals surface area contributed by atoms with Gasteiger partial charge in [-0.1, -0.05) is 6.07 Å². The third-order valence-corrected chi connectivity index (χ3v) is 4.26. The van der Waals surface area contributed by atoms with Crippen molar-refractivity contribution in [2.24, 2.45) is 0 Å². The van der Waals surface area contributed by atoms with Gasteiger partial charge in [-0.05, 0) is 12.1 Å². The minimum atomic E-state index is -0.0675. The average Bonchev–Trinajstić information content (AvgIpc) is 2.72. The van der Waals surface area contributed by atoms with Crippen molar-refractivity contribution < 1.29 is 28.5 Å². The number of amides is 2. The van der Waals surface area contributed by atoms with Crippen LogP contribution in [-0.2, 0) is 19.1 Å². The Morgan fingerprint density at radius 1 is 0.808 bits per heavy atom. The Morgan fingerprint density at radius 3 is 1.65 bits per heavy atom. The summed E-state index contributed by atoms with van der Waals surface area (Å²) in [4.78, 5) is 27.7. The van der Waals surface area contributed by atoms with Gasteiger partial charge in [-0.15, -0.1) is 0 Å². The molecule has 2 saturated heterocycles. The second-order valence-corrected chi connectivity index (χ2v) is 6.04. The zero-order chi connectivity index (χ0) is 18.2. The number of hydrogen-bond donors (Lipinski definition) is 0. The summed E-state index contributed by atoms with van der Waals surface area (Å²) in [5.74, 6) is 0.926. The van der Waals surface area contributed by atoms with E-state index in [1.165, 1.54) is 0 Å². The van der Waals surface area contributed by atoms with Gasteiger partial charge in [0.15, 0.2) is 13.2 Å². The molecule has 2 amide bonds. The molecule has 2 fully saturated rings. The van der Waals surface area contributed by atoms with Crippen molar-refractivity contribution in [1.29, 1.82) is 0 Å². The van der Waals surface area contributed by atoms with Crippen molar-refractivity contribution in [3.05, 3.63) is 24.3 Å². The minimum Gasteiger partial charge on any atom is -0.484 e. The van der Waals surface area contributed by atoms with E-state index < -0.39 is 0 Å². The Morgan fingerprint density at radius 2 is 1.23 bits per heavy atom. The van der Waals surface area contributed by atoms with Gasteiger partial charge in [0.05, 0.1) is 26.4 Å². The summed E-state index contributed by atoms with van der Waals surface area (Å²) in [5, 5.41) is 0. The van der Waals surface area contributed by atoms with Gasteiger partial charge in [0, 0.05) is 32.2 Å². The number of morpholine rings is 2. The molecule has 0 atom stereocenters. The van der Waals surface area contributed by atoms with Gasteiger partial charge in [-0.2, -0.15) is 0 Å². The fourth-order valence-electron chi connectivity index (χ4n) is 2.75. The molecule has 0 saturated carbocycles. The smallest absolute Gasteiger partial charge is 0.260 e. The van der Waals surface area contributed by atoms with Gasteiger partial charge in [-0.3, -0.25) is 9.59 Å². The molecule has 3 rings (SSSR count). The Hall–Kier alpha value is -2.32. The molecule has 0 aliphatic carbocycles. The molecule has 0 spiro atoms. The van der Waals surface area contributed by atoms with Gasteiger partial charge in [0.25, 0.3) is 11.8 Å². The lowest BCUT2D eigenvalue weighted by Gasteiger charge is -2.27. The number of hydrogen-bond acceptors (Lipinski definition) is 6. The Bertz CT molecular complexity index is 562. The first kappa shape index (κ1) is 18.5. The van der Waals surface area contributed by atoms with E-state index in [9.17, 15) is 9.59 Å². The average molecular weight is 364 g/mol. The fraction of sp³-hybridized carbons (Fsp3) is 0.556. The number of carbonyl (C=O) groups excluding carboxylic acids is 2. The van der Waals surface area contributed by atoms with Crippen molar-refractivity contribution in [2.75, 3.05) is 65.8 Å². The quantitative estimate of drug-likeness (QED) is 0.716. The molecular formula is C18H24N2O6. The summed E-state index contributed by atoms with van der Waals surface area (Å²) >= 11 is 0. The van der Waals surface area contributed by atoms with Crippen LogP contribution < -0.4 is 9.47 Å². The maximum atomic E-state index is 12.1. The first-order chi connectivity index (χ1) is 12.7. The molecule has 2 aliphatic heterocycles. The highest BCUT2D eigenvalue weighted by Gasteiger charge is 2.18. The molecule has 0 unspecified atom stereocenters. The largest absolute Gasteiger partial charge is 0.484 e. The van der Waals surface area contributed by atoms with E-state index in [2.05, 4.69) is 0 Å². The van der Waals surface area contributed by atoms with Crippen LogP contribution in [0.25, 0.3) is 0 Å². The van der Waals surface area contributed by atoms with Gasteiger partial charge in [-0.25, -0.2) is 0 Å². The van der Waals surface area contributed by atoms with Gasteiger partial charge in [0.2, 0.25) is 0 Å². The van der Waals surface area contributed by atoms with E-state index >= 15 is 0 Å². The molecule has 142 valence electrons. The van der Waals surface area contributed by atoms with E-state index in [1.54, 1.807) is 34.1 Å². The summed E-state index contributed by atoms with van der Waals surface area (Å²) in [7, 11) is 0. The van der Waals surface area contributed by atoms with E-state index in [4.69, 9.17) is 18.9 Å². The van der Waals surface area contributed by atoms with Crippen LogP contribution >= 0.6 is 0 Å². The second kappa shape index (κ2) is 9.40. The first-order valence-electron chi connectivity index (χ1n) is 8.79. The highest BCUT2D eigenvalue weighted by atomic mass is 16.5. The van der Waals surface area contributed by atoms with Crippen molar-refractivity contribution in [3.63, 3.8) is 0 Å². The van der Waals surface area contributed by atoms with Crippen molar-refractivity contribution in [2.45, 2.75) is 0 Å². The summed E-state index contributed by atoms with van der Waals surface area (Å²) in [6.45, 7) is 4.55. The molecule has 0 N–H and O–H groups in total. The van der Waals surface area contributed by atoms with Crippen LogP contribution in [-0.4, -0.2) is 87.4 Å². The zero-order valence-electron chi connectivity index (χ0n) is 14.7. The molecule has 0 radical (unpaired) electrons. The Labute approximate surface area is 152 Å². The van der Waals surface area contributed by atoms with Crippen LogP contribution in [0.4, 0.5) is 0 Å². The third kappa shape index (κ3) is 5.34. The molecule has 8 nitrogen and oxygen atoms in total. The summed E-state index contributed by atoms with van der Waals surface area (Å²) < 4.78 is 21.6. The van der Waals surface area contributed by atoms with Gasteiger partial charge < -0.3 is 28.7 Å². The SMILES string of the molecule is O=C(COc1cccc(OCC(=O)N2CCOCC2)c1)N1CCOCC1. The summed E-state index contributed by atoms with van der Waals surface area (Å²) in [5.41, 5.74) is 0. The molecule has 0 aromatic heterocycles. The van der Waals surface area contributed by atoms with E-state index in [-0.39, 0.29) is 25.0 Å². The summed E-state index contributed by atoms with van der Waals surface area (Å²) in [6, 6.07) is 6.95. The molecule has 8 heteroatoms. The number of nitrogens with zero attached hydrogens (tertiary/aromatic N) is 2. The maximum Gasteiger partial charge on any atom is 0.260 e. The Kier molecular flexibility index (Phi) is 6.68. The van der Waals surface area contributed by atoms with Crippen molar-refractivity contribution in [3.8, 4) is 11.5 Å². The standard InChI is InChI=1S/C18H24N2O6/c21-17(19-4-8-23-9-5-19)13-25-15-2-1-3-16(12-15)26-14-18(22)20-6-10-24-11-7-20/h1-3,12H,4-11,13-14H2. The predicted molar refractivity (Wildman–Crippen MR) is 92.2 cm³/mol.